The lowest BCUT2D eigenvalue weighted by molar-refractivity contribution is -0.179. The van der Waals surface area contributed by atoms with E-state index in [-0.39, 0.29) is 25.3 Å². The first-order valence-electron chi connectivity index (χ1n) is 12.2. The molecule has 1 amide bonds. The fourth-order valence-corrected chi connectivity index (χ4v) is 4.96. The van der Waals surface area contributed by atoms with E-state index in [1.54, 1.807) is 4.68 Å². The first kappa shape index (κ1) is 23.6. The van der Waals surface area contributed by atoms with Crippen LogP contribution in [0.5, 0.6) is 0 Å². The van der Waals surface area contributed by atoms with Gasteiger partial charge in [-0.05, 0) is 30.7 Å². The van der Waals surface area contributed by atoms with E-state index < -0.39 is 12.1 Å². The van der Waals surface area contributed by atoms with Crippen molar-refractivity contribution in [2.45, 2.75) is 71.8 Å². The van der Waals surface area contributed by atoms with E-state index in [4.69, 9.17) is 4.98 Å². The molecule has 10 heteroatoms. The van der Waals surface area contributed by atoms with Gasteiger partial charge in [-0.2, -0.15) is 18.3 Å². The van der Waals surface area contributed by atoms with Crippen molar-refractivity contribution < 1.29 is 18.0 Å². The molecule has 0 saturated heterocycles. The molecule has 186 valence electrons. The quantitative estimate of drug-likeness (QED) is 0.582. The predicted molar refractivity (Wildman–Crippen MR) is 124 cm³/mol. The number of aromatic nitrogens is 5. The summed E-state index contributed by atoms with van der Waals surface area (Å²) in [6.45, 7) is 5.61. The van der Waals surface area contributed by atoms with E-state index in [1.807, 2.05) is 31.2 Å². The van der Waals surface area contributed by atoms with Gasteiger partial charge in [-0.3, -0.25) is 4.79 Å². The van der Waals surface area contributed by atoms with Gasteiger partial charge in [-0.25, -0.2) is 14.6 Å². The number of hydrogen-bond acceptors (Lipinski definition) is 4. The van der Waals surface area contributed by atoms with E-state index in [0.717, 1.165) is 42.0 Å². The molecule has 2 aliphatic heterocycles. The van der Waals surface area contributed by atoms with Gasteiger partial charge in [0.05, 0.1) is 11.6 Å². The van der Waals surface area contributed by atoms with Crippen molar-refractivity contribution in [1.29, 1.82) is 0 Å². The van der Waals surface area contributed by atoms with Crippen LogP contribution in [-0.2, 0) is 38.9 Å². The fraction of sp³-hybridized carbons (Fsp3) is 0.520. The minimum atomic E-state index is -4.21. The van der Waals surface area contributed by atoms with Gasteiger partial charge in [0.25, 0.3) is 5.91 Å². The van der Waals surface area contributed by atoms with Gasteiger partial charge in [0.1, 0.15) is 17.3 Å². The molecule has 0 saturated carbocycles. The van der Waals surface area contributed by atoms with Crippen LogP contribution in [0.1, 0.15) is 60.1 Å². The maximum atomic E-state index is 13.1. The topological polar surface area (TPSA) is 77.6 Å². The zero-order chi connectivity index (χ0) is 24.7. The molecule has 5 rings (SSSR count). The van der Waals surface area contributed by atoms with Crippen LogP contribution in [0.15, 0.2) is 24.3 Å². The molecule has 2 atom stereocenters. The number of carbonyl (C=O) groups excluding carboxylic acids is 1. The van der Waals surface area contributed by atoms with Gasteiger partial charge in [-0.15, -0.1) is 0 Å². The van der Waals surface area contributed by atoms with E-state index in [1.165, 1.54) is 0 Å². The third-order valence-electron chi connectivity index (χ3n) is 7.04. The van der Waals surface area contributed by atoms with E-state index in [2.05, 4.69) is 26.9 Å². The van der Waals surface area contributed by atoms with Crippen molar-refractivity contribution in [3.05, 3.63) is 52.9 Å². The van der Waals surface area contributed by atoms with Gasteiger partial charge in [0, 0.05) is 38.0 Å². The van der Waals surface area contributed by atoms with Crippen molar-refractivity contribution >= 4 is 5.91 Å². The number of carbonyl (C=O) groups is 1. The normalized spacial score (nSPS) is 19.8. The molecule has 0 radical (unpaired) electrons. The Hall–Kier alpha value is -3.17. The Kier molecular flexibility index (Phi) is 6.14. The molecule has 3 aromatic rings. The van der Waals surface area contributed by atoms with Crippen LogP contribution in [0.4, 0.5) is 13.2 Å². The predicted octanol–water partition coefficient (Wildman–Crippen LogP) is 4.34. The van der Waals surface area contributed by atoms with Crippen LogP contribution in [0, 0.1) is 11.8 Å². The molecule has 0 aliphatic carbocycles. The highest BCUT2D eigenvalue weighted by Gasteiger charge is 2.42. The summed E-state index contributed by atoms with van der Waals surface area (Å²) in [5, 5.41) is 7.41. The number of alkyl halides is 3. The van der Waals surface area contributed by atoms with Crippen LogP contribution in [0.2, 0.25) is 0 Å². The third kappa shape index (κ3) is 4.70. The number of hydrogen-bond donors (Lipinski definition) is 1. The summed E-state index contributed by atoms with van der Waals surface area (Å²) in [4.78, 5) is 22.1. The number of nitrogens with zero attached hydrogens (tertiary/aromatic N) is 5. The Morgan fingerprint density at radius 1 is 1.09 bits per heavy atom. The Bertz CT molecular complexity index is 1230. The lowest BCUT2D eigenvalue weighted by Gasteiger charge is -2.24. The van der Waals surface area contributed by atoms with Crippen LogP contribution < -0.4 is 5.32 Å². The summed E-state index contributed by atoms with van der Waals surface area (Å²) in [6.07, 6.45) is -1.69. The van der Waals surface area contributed by atoms with Crippen molar-refractivity contribution in [2.24, 2.45) is 11.8 Å². The molecule has 0 bridgehead atoms. The number of fused-ring (bicyclic) bond motifs is 2. The standard InChI is InChI=1S/C25H29F3N6O/c1-3-19-22(33-10-8-15(2)12-20(33)30-19)24(35)29-14-16-4-6-17(7-5-16)23-31-21-13-18(25(26,27)28)9-11-34(21)32-23/h4-7,15,18H,3,8-14H2,1-2H3,(H,29,35)/t15-,18-/m1/s1. The SMILES string of the molecule is CCc1nc2n(c1C(=O)NCc1ccc(-c3nc4n(n3)CC[C@@H](C(F)(F)F)C4)cc1)CC[C@@H](C)C2. The lowest BCUT2D eigenvalue weighted by atomic mass is 9.98. The Morgan fingerprint density at radius 2 is 1.86 bits per heavy atom. The molecule has 0 spiro atoms. The third-order valence-corrected chi connectivity index (χ3v) is 7.04. The summed E-state index contributed by atoms with van der Waals surface area (Å²) >= 11 is 0. The van der Waals surface area contributed by atoms with E-state index in [9.17, 15) is 18.0 Å². The summed E-state index contributed by atoms with van der Waals surface area (Å²) < 4.78 is 42.9. The number of nitrogens with one attached hydrogen (secondary N) is 1. The number of halogens is 3. The second-order valence-electron chi connectivity index (χ2n) is 9.61. The van der Waals surface area contributed by atoms with Gasteiger partial charge >= 0.3 is 6.18 Å². The van der Waals surface area contributed by atoms with Crippen LogP contribution in [0.3, 0.4) is 0 Å². The molecular formula is C25H29F3N6O. The molecular weight excluding hydrogens is 457 g/mol. The van der Waals surface area contributed by atoms with Gasteiger partial charge in [0.15, 0.2) is 5.82 Å². The van der Waals surface area contributed by atoms with Crippen LogP contribution >= 0.6 is 0 Å². The Balaban J connectivity index is 1.25. The summed E-state index contributed by atoms with van der Waals surface area (Å²) in [6, 6.07) is 7.43. The summed E-state index contributed by atoms with van der Waals surface area (Å²) in [5.41, 5.74) is 3.14. The minimum Gasteiger partial charge on any atom is -0.347 e. The van der Waals surface area contributed by atoms with Crippen molar-refractivity contribution in [3.63, 3.8) is 0 Å². The molecule has 1 aromatic carbocycles. The fourth-order valence-electron chi connectivity index (χ4n) is 4.96. The van der Waals surface area contributed by atoms with Crippen LogP contribution in [0.25, 0.3) is 11.4 Å². The second-order valence-corrected chi connectivity index (χ2v) is 9.61. The highest BCUT2D eigenvalue weighted by atomic mass is 19.4. The first-order valence-corrected chi connectivity index (χ1v) is 12.2. The minimum absolute atomic E-state index is 0.0249. The number of amides is 1. The van der Waals surface area contributed by atoms with Crippen molar-refractivity contribution in [2.75, 3.05) is 0 Å². The van der Waals surface area contributed by atoms with E-state index >= 15 is 0 Å². The maximum Gasteiger partial charge on any atom is 0.392 e. The summed E-state index contributed by atoms with van der Waals surface area (Å²) in [7, 11) is 0. The molecule has 35 heavy (non-hydrogen) atoms. The van der Waals surface area contributed by atoms with Gasteiger partial charge in [0.2, 0.25) is 0 Å². The first-order chi connectivity index (χ1) is 16.7. The monoisotopic (exact) mass is 486 g/mol. The van der Waals surface area contributed by atoms with Crippen molar-refractivity contribution in [1.82, 2.24) is 29.6 Å². The molecule has 0 unspecified atom stereocenters. The zero-order valence-corrected chi connectivity index (χ0v) is 19.9. The summed E-state index contributed by atoms with van der Waals surface area (Å²) in [5.74, 6) is 0.872. The van der Waals surface area contributed by atoms with Crippen LogP contribution in [-0.4, -0.2) is 36.4 Å². The average Bonchev–Trinajstić information content (AvgIpc) is 3.42. The number of aryl methyl sites for hydroxylation is 2. The Labute approximate surface area is 201 Å². The van der Waals surface area contributed by atoms with E-state index in [0.29, 0.717) is 36.2 Å². The molecule has 7 nitrogen and oxygen atoms in total. The molecule has 0 fully saturated rings. The zero-order valence-electron chi connectivity index (χ0n) is 19.9. The molecule has 2 aliphatic rings. The number of rotatable bonds is 5. The lowest BCUT2D eigenvalue weighted by Crippen LogP contribution is -2.31. The van der Waals surface area contributed by atoms with Crippen molar-refractivity contribution in [3.8, 4) is 11.4 Å². The highest BCUT2D eigenvalue weighted by molar-refractivity contribution is 5.94. The average molecular weight is 487 g/mol. The van der Waals surface area contributed by atoms with Gasteiger partial charge < -0.3 is 9.88 Å². The van der Waals surface area contributed by atoms with Gasteiger partial charge in [-0.1, -0.05) is 38.1 Å². The largest absolute Gasteiger partial charge is 0.392 e. The number of benzene rings is 1. The second kappa shape index (κ2) is 9.13. The highest BCUT2D eigenvalue weighted by Crippen LogP contribution is 2.35. The molecule has 1 N–H and O–H groups in total. The maximum absolute atomic E-state index is 13.1. The smallest absolute Gasteiger partial charge is 0.347 e. The Morgan fingerprint density at radius 3 is 2.57 bits per heavy atom. The molecule has 2 aromatic heterocycles. The number of imidazole rings is 1. The molecule has 4 heterocycles.